The molecule has 0 bridgehead atoms. The number of nitrogens with zero attached hydrogens (tertiary/aromatic N) is 1. The molecule has 0 saturated carbocycles. The third kappa shape index (κ3) is 3.37. The predicted molar refractivity (Wildman–Crippen MR) is 82.2 cm³/mol. The van der Waals surface area contributed by atoms with Gasteiger partial charge in [-0.25, -0.2) is 0 Å². The molecule has 19 heavy (non-hydrogen) atoms. The van der Waals surface area contributed by atoms with Gasteiger partial charge in [-0.05, 0) is 50.8 Å². The average molecular weight is 260 g/mol. The van der Waals surface area contributed by atoms with Crippen molar-refractivity contribution in [2.75, 3.05) is 6.54 Å². The van der Waals surface area contributed by atoms with Crippen LogP contribution in [0.15, 0.2) is 24.3 Å². The third-order valence-corrected chi connectivity index (χ3v) is 4.57. The van der Waals surface area contributed by atoms with Crippen molar-refractivity contribution in [1.82, 2.24) is 4.90 Å². The van der Waals surface area contributed by atoms with Gasteiger partial charge in [0.15, 0.2) is 0 Å². The Hall–Kier alpha value is -0.860. The van der Waals surface area contributed by atoms with E-state index in [4.69, 9.17) is 5.73 Å². The van der Waals surface area contributed by atoms with Crippen LogP contribution in [-0.4, -0.2) is 23.5 Å². The highest BCUT2D eigenvalue weighted by molar-refractivity contribution is 5.25. The first kappa shape index (κ1) is 14.5. The second-order valence-corrected chi connectivity index (χ2v) is 5.93. The van der Waals surface area contributed by atoms with Crippen molar-refractivity contribution in [2.24, 2.45) is 5.73 Å². The summed E-state index contributed by atoms with van der Waals surface area (Å²) in [5.74, 6) is 0. The van der Waals surface area contributed by atoms with Crippen LogP contribution < -0.4 is 5.73 Å². The largest absolute Gasteiger partial charge is 0.327 e. The number of piperidine rings is 1. The molecule has 3 atom stereocenters. The van der Waals surface area contributed by atoms with Gasteiger partial charge in [-0.15, -0.1) is 0 Å². The highest BCUT2D eigenvalue weighted by atomic mass is 15.2. The Morgan fingerprint density at radius 1 is 1.21 bits per heavy atom. The van der Waals surface area contributed by atoms with Crippen molar-refractivity contribution in [3.8, 4) is 0 Å². The zero-order valence-corrected chi connectivity index (χ0v) is 12.6. The van der Waals surface area contributed by atoms with Gasteiger partial charge in [-0.3, -0.25) is 4.90 Å². The Bertz CT molecular complexity index is 383. The molecule has 106 valence electrons. The number of benzene rings is 1. The fraction of sp³-hybridized carbons (Fsp3) is 0.647. The first-order valence-corrected chi connectivity index (χ1v) is 7.73. The first-order valence-electron chi connectivity index (χ1n) is 7.73. The van der Waals surface area contributed by atoms with E-state index in [0.29, 0.717) is 12.1 Å². The summed E-state index contributed by atoms with van der Waals surface area (Å²) >= 11 is 0. The molecule has 3 unspecified atom stereocenters. The normalized spacial score (nSPS) is 24.1. The van der Waals surface area contributed by atoms with Gasteiger partial charge in [0, 0.05) is 18.1 Å². The van der Waals surface area contributed by atoms with Crippen LogP contribution in [0.5, 0.6) is 0 Å². The lowest BCUT2D eigenvalue weighted by atomic mass is 9.93. The van der Waals surface area contributed by atoms with Crippen molar-refractivity contribution >= 4 is 0 Å². The van der Waals surface area contributed by atoms with E-state index >= 15 is 0 Å². The molecule has 2 rings (SSSR count). The summed E-state index contributed by atoms with van der Waals surface area (Å²) < 4.78 is 0. The Kier molecular flexibility index (Phi) is 5.00. The highest BCUT2D eigenvalue weighted by Crippen LogP contribution is 2.29. The summed E-state index contributed by atoms with van der Waals surface area (Å²) in [7, 11) is 0. The topological polar surface area (TPSA) is 29.3 Å². The third-order valence-electron chi connectivity index (χ3n) is 4.57. The molecule has 1 aliphatic heterocycles. The van der Waals surface area contributed by atoms with Gasteiger partial charge in [0.05, 0.1) is 0 Å². The molecule has 1 fully saturated rings. The number of likely N-dealkylation sites (tertiary alicyclic amines) is 1. The summed E-state index contributed by atoms with van der Waals surface area (Å²) in [6.07, 6.45) is 4.99. The monoisotopic (exact) mass is 260 g/mol. The number of rotatable bonds is 4. The molecule has 1 heterocycles. The van der Waals surface area contributed by atoms with E-state index in [1.807, 2.05) is 0 Å². The van der Waals surface area contributed by atoms with Crippen molar-refractivity contribution < 1.29 is 0 Å². The zero-order valence-electron chi connectivity index (χ0n) is 12.6. The van der Waals surface area contributed by atoms with Crippen LogP contribution in [-0.2, 0) is 6.42 Å². The summed E-state index contributed by atoms with van der Waals surface area (Å²) in [5, 5.41) is 0. The van der Waals surface area contributed by atoms with Crippen molar-refractivity contribution in [3.05, 3.63) is 35.4 Å². The molecule has 2 N–H and O–H groups in total. The molecule has 0 aliphatic carbocycles. The molecule has 1 saturated heterocycles. The van der Waals surface area contributed by atoms with E-state index < -0.39 is 0 Å². The zero-order chi connectivity index (χ0) is 13.8. The van der Waals surface area contributed by atoms with E-state index in [-0.39, 0.29) is 6.04 Å². The van der Waals surface area contributed by atoms with Gasteiger partial charge in [-0.1, -0.05) is 37.6 Å². The van der Waals surface area contributed by atoms with Crippen molar-refractivity contribution in [3.63, 3.8) is 0 Å². The Balaban J connectivity index is 2.13. The lowest BCUT2D eigenvalue weighted by Gasteiger charge is -2.42. The van der Waals surface area contributed by atoms with Crippen LogP contribution in [0, 0.1) is 0 Å². The second-order valence-electron chi connectivity index (χ2n) is 5.93. The minimum Gasteiger partial charge on any atom is -0.327 e. The first-order chi connectivity index (χ1) is 9.13. The van der Waals surface area contributed by atoms with E-state index in [1.165, 1.54) is 36.9 Å². The fourth-order valence-electron chi connectivity index (χ4n) is 3.25. The standard InChI is InChI=1S/C17H28N2/c1-4-15-8-10-16(11-9-15)14(3)19-12-6-5-7-17(19)13(2)18/h8-11,13-14,17H,4-7,12,18H2,1-3H3. The van der Waals surface area contributed by atoms with E-state index in [1.54, 1.807) is 0 Å². The Labute approximate surface area is 118 Å². The van der Waals surface area contributed by atoms with Crippen molar-refractivity contribution in [1.29, 1.82) is 0 Å². The molecular formula is C17H28N2. The van der Waals surface area contributed by atoms with E-state index in [0.717, 1.165) is 6.42 Å². The second kappa shape index (κ2) is 6.53. The van der Waals surface area contributed by atoms with Crippen LogP contribution in [0.1, 0.15) is 57.2 Å². The van der Waals surface area contributed by atoms with Gasteiger partial charge < -0.3 is 5.73 Å². The number of hydrogen-bond acceptors (Lipinski definition) is 2. The maximum Gasteiger partial charge on any atom is 0.0323 e. The minimum atomic E-state index is 0.262. The molecule has 1 aromatic carbocycles. The SMILES string of the molecule is CCc1ccc(C(C)N2CCCCC2C(C)N)cc1. The van der Waals surface area contributed by atoms with Crippen LogP contribution in [0.4, 0.5) is 0 Å². The van der Waals surface area contributed by atoms with E-state index in [2.05, 4.69) is 49.9 Å². The minimum absolute atomic E-state index is 0.262. The Morgan fingerprint density at radius 3 is 2.47 bits per heavy atom. The molecule has 1 aromatic rings. The predicted octanol–water partition coefficient (Wildman–Crippen LogP) is 3.51. The number of nitrogens with two attached hydrogens (primary N) is 1. The summed E-state index contributed by atoms with van der Waals surface area (Å²) in [4.78, 5) is 2.61. The maximum absolute atomic E-state index is 6.18. The molecule has 0 radical (unpaired) electrons. The number of aryl methyl sites for hydroxylation is 1. The number of hydrogen-bond donors (Lipinski definition) is 1. The fourth-order valence-corrected chi connectivity index (χ4v) is 3.25. The summed E-state index contributed by atoms with van der Waals surface area (Å²) in [6.45, 7) is 7.86. The smallest absolute Gasteiger partial charge is 0.0323 e. The molecule has 2 heteroatoms. The van der Waals surface area contributed by atoms with Gasteiger partial charge in [0.1, 0.15) is 0 Å². The molecule has 0 spiro atoms. The van der Waals surface area contributed by atoms with Crippen LogP contribution in [0.3, 0.4) is 0 Å². The van der Waals surface area contributed by atoms with Crippen LogP contribution in [0.25, 0.3) is 0 Å². The lowest BCUT2D eigenvalue weighted by Crippen LogP contribution is -2.49. The van der Waals surface area contributed by atoms with Gasteiger partial charge in [0.25, 0.3) is 0 Å². The molecule has 1 aliphatic rings. The van der Waals surface area contributed by atoms with Gasteiger partial charge >= 0.3 is 0 Å². The van der Waals surface area contributed by atoms with Crippen molar-refractivity contribution in [2.45, 2.75) is 64.6 Å². The van der Waals surface area contributed by atoms with Crippen LogP contribution >= 0.6 is 0 Å². The molecule has 2 nitrogen and oxygen atoms in total. The van der Waals surface area contributed by atoms with Gasteiger partial charge in [-0.2, -0.15) is 0 Å². The summed E-state index contributed by atoms with van der Waals surface area (Å²) in [5.41, 5.74) is 9.01. The maximum atomic E-state index is 6.18. The Morgan fingerprint density at radius 2 is 1.89 bits per heavy atom. The average Bonchev–Trinajstić information content (AvgIpc) is 2.46. The highest BCUT2D eigenvalue weighted by Gasteiger charge is 2.29. The van der Waals surface area contributed by atoms with Crippen LogP contribution in [0.2, 0.25) is 0 Å². The van der Waals surface area contributed by atoms with Gasteiger partial charge in [0.2, 0.25) is 0 Å². The summed E-state index contributed by atoms with van der Waals surface area (Å²) in [6, 6.07) is 10.4. The molecule has 0 amide bonds. The molecular weight excluding hydrogens is 232 g/mol. The quantitative estimate of drug-likeness (QED) is 0.897. The molecule has 0 aromatic heterocycles. The van der Waals surface area contributed by atoms with E-state index in [9.17, 15) is 0 Å². The lowest BCUT2D eigenvalue weighted by molar-refractivity contribution is 0.0890.